The van der Waals surface area contributed by atoms with Gasteiger partial charge in [-0.2, -0.15) is 0 Å². The molecule has 4 nitrogen and oxygen atoms in total. The second kappa shape index (κ2) is 8.91. The van der Waals surface area contributed by atoms with Crippen molar-refractivity contribution in [1.29, 1.82) is 0 Å². The highest BCUT2D eigenvalue weighted by Crippen LogP contribution is 2.05. The van der Waals surface area contributed by atoms with Crippen LogP contribution < -0.4 is 0 Å². The molecule has 1 aromatic carbocycles. The number of carboxylic acids is 1. The van der Waals surface area contributed by atoms with E-state index in [-0.39, 0.29) is 12.5 Å². The Labute approximate surface area is 119 Å². The van der Waals surface area contributed by atoms with Gasteiger partial charge in [0.15, 0.2) is 0 Å². The molecule has 0 bridgehead atoms. The summed E-state index contributed by atoms with van der Waals surface area (Å²) in [5, 5.41) is 8.77. The molecule has 0 aliphatic heterocycles. The van der Waals surface area contributed by atoms with Crippen LogP contribution in [-0.2, 0) is 9.59 Å². The number of rotatable bonds is 8. The zero-order chi connectivity index (χ0) is 14.8. The molecule has 0 aliphatic rings. The van der Waals surface area contributed by atoms with Gasteiger partial charge in [-0.3, -0.25) is 9.59 Å². The van der Waals surface area contributed by atoms with Crippen molar-refractivity contribution in [2.24, 2.45) is 0 Å². The molecule has 0 aliphatic carbocycles. The number of allylic oxidation sites excluding steroid dienone is 1. The van der Waals surface area contributed by atoms with Crippen LogP contribution in [0.3, 0.4) is 0 Å². The zero-order valence-electron chi connectivity index (χ0n) is 11.8. The van der Waals surface area contributed by atoms with E-state index in [1.807, 2.05) is 49.4 Å². The summed E-state index contributed by atoms with van der Waals surface area (Å²) < 4.78 is 0. The van der Waals surface area contributed by atoms with Crippen molar-refractivity contribution in [3.63, 3.8) is 0 Å². The Morgan fingerprint density at radius 3 is 2.55 bits per heavy atom. The number of amides is 1. The van der Waals surface area contributed by atoms with Gasteiger partial charge >= 0.3 is 5.97 Å². The molecule has 4 heteroatoms. The molecule has 0 saturated heterocycles. The third-order valence-corrected chi connectivity index (χ3v) is 2.81. The van der Waals surface area contributed by atoms with E-state index in [1.165, 1.54) is 4.90 Å². The monoisotopic (exact) mass is 275 g/mol. The zero-order valence-corrected chi connectivity index (χ0v) is 11.8. The third-order valence-electron chi connectivity index (χ3n) is 2.81. The molecule has 0 heterocycles. The predicted octanol–water partition coefficient (Wildman–Crippen LogP) is 2.80. The van der Waals surface area contributed by atoms with Gasteiger partial charge in [0.1, 0.15) is 6.54 Å². The van der Waals surface area contributed by atoms with Crippen molar-refractivity contribution < 1.29 is 14.7 Å². The number of nitrogens with zero attached hydrogens (tertiary/aromatic N) is 1. The Morgan fingerprint density at radius 1 is 1.25 bits per heavy atom. The van der Waals surface area contributed by atoms with Crippen molar-refractivity contribution in [3.8, 4) is 0 Å². The Hall–Kier alpha value is -2.10. The van der Waals surface area contributed by atoms with E-state index in [9.17, 15) is 9.59 Å². The van der Waals surface area contributed by atoms with Crippen LogP contribution in [0.2, 0.25) is 0 Å². The van der Waals surface area contributed by atoms with Crippen molar-refractivity contribution in [3.05, 3.63) is 42.0 Å². The number of hydrogen-bond donors (Lipinski definition) is 1. The molecular formula is C16H21NO3. The summed E-state index contributed by atoms with van der Waals surface area (Å²) in [4.78, 5) is 24.0. The van der Waals surface area contributed by atoms with E-state index in [4.69, 9.17) is 5.11 Å². The fourth-order valence-corrected chi connectivity index (χ4v) is 1.87. The predicted molar refractivity (Wildman–Crippen MR) is 79.2 cm³/mol. The summed E-state index contributed by atoms with van der Waals surface area (Å²) in [6.45, 7) is 2.21. The van der Waals surface area contributed by atoms with Crippen LogP contribution in [0.5, 0.6) is 0 Å². The minimum absolute atomic E-state index is 0.105. The molecule has 0 unspecified atom stereocenters. The van der Waals surface area contributed by atoms with Crippen molar-refractivity contribution in [2.45, 2.75) is 26.2 Å². The molecule has 0 atom stereocenters. The summed E-state index contributed by atoms with van der Waals surface area (Å²) in [5.41, 5.74) is 1.09. The van der Waals surface area contributed by atoms with Gasteiger partial charge in [-0.1, -0.05) is 49.4 Å². The number of carbonyl (C=O) groups excluding carboxylic acids is 1. The van der Waals surface area contributed by atoms with Gasteiger partial charge in [0.2, 0.25) is 5.91 Å². The molecule has 1 N–H and O–H groups in total. The van der Waals surface area contributed by atoms with Crippen LogP contribution in [0.25, 0.3) is 6.08 Å². The third kappa shape index (κ3) is 6.18. The van der Waals surface area contributed by atoms with E-state index in [1.54, 1.807) is 0 Å². The van der Waals surface area contributed by atoms with Gasteiger partial charge in [0.25, 0.3) is 0 Å². The molecular weight excluding hydrogens is 254 g/mol. The van der Waals surface area contributed by atoms with Crippen LogP contribution in [0.15, 0.2) is 36.4 Å². The molecule has 1 amide bonds. The van der Waals surface area contributed by atoms with Crippen LogP contribution in [0.4, 0.5) is 0 Å². The van der Waals surface area contributed by atoms with Gasteiger partial charge in [-0.25, -0.2) is 0 Å². The number of benzene rings is 1. The first-order valence-corrected chi connectivity index (χ1v) is 6.84. The van der Waals surface area contributed by atoms with Gasteiger partial charge in [0.05, 0.1) is 0 Å². The minimum Gasteiger partial charge on any atom is -0.480 e. The van der Waals surface area contributed by atoms with Crippen molar-refractivity contribution >= 4 is 18.0 Å². The highest BCUT2D eigenvalue weighted by atomic mass is 16.4. The van der Waals surface area contributed by atoms with E-state index >= 15 is 0 Å². The minimum atomic E-state index is -0.966. The lowest BCUT2D eigenvalue weighted by atomic mass is 10.2. The summed E-state index contributed by atoms with van der Waals surface area (Å²) in [6.07, 6.45) is 5.63. The Kier molecular flexibility index (Phi) is 7.11. The maximum absolute atomic E-state index is 11.9. The summed E-state index contributed by atoms with van der Waals surface area (Å²) in [6, 6.07) is 9.86. The lowest BCUT2D eigenvalue weighted by Gasteiger charge is -2.19. The first-order chi connectivity index (χ1) is 9.63. The largest absolute Gasteiger partial charge is 0.480 e. The average molecular weight is 275 g/mol. The SMILES string of the molecule is CCCN(CC(=O)O)C(=O)CC/C=C/c1ccccc1. The Balaban J connectivity index is 2.41. The van der Waals surface area contributed by atoms with E-state index in [2.05, 4.69) is 0 Å². The molecule has 20 heavy (non-hydrogen) atoms. The molecule has 1 aromatic rings. The van der Waals surface area contributed by atoms with Crippen LogP contribution >= 0.6 is 0 Å². The number of hydrogen-bond acceptors (Lipinski definition) is 2. The average Bonchev–Trinajstić information content (AvgIpc) is 2.43. The summed E-state index contributed by atoms with van der Waals surface area (Å²) in [5.74, 6) is -1.07. The normalized spacial score (nSPS) is 10.7. The lowest BCUT2D eigenvalue weighted by Crippen LogP contribution is -2.36. The Bertz CT molecular complexity index is 454. The molecule has 108 valence electrons. The fourth-order valence-electron chi connectivity index (χ4n) is 1.87. The summed E-state index contributed by atoms with van der Waals surface area (Å²) >= 11 is 0. The van der Waals surface area contributed by atoms with E-state index in [0.717, 1.165) is 12.0 Å². The number of carboxylic acid groups (broad SMARTS) is 1. The van der Waals surface area contributed by atoms with E-state index < -0.39 is 5.97 Å². The van der Waals surface area contributed by atoms with Crippen LogP contribution in [0, 0.1) is 0 Å². The maximum atomic E-state index is 11.9. The van der Waals surface area contributed by atoms with E-state index in [0.29, 0.717) is 19.4 Å². The Morgan fingerprint density at radius 2 is 1.95 bits per heavy atom. The quantitative estimate of drug-likeness (QED) is 0.793. The highest BCUT2D eigenvalue weighted by molar-refractivity contribution is 5.81. The molecule has 0 aromatic heterocycles. The van der Waals surface area contributed by atoms with Gasteiger partial charge in [-0.05, 0) is 18.4 Å². The smallest absolute Gasteiger partial charge is 0.323 e. The van der Waals surface area contributed by atoms with Gasteiger partial charge < -0.3 is 10.0 Å². The van der Waals surface area contributed by atoms with Crippen LogP contribution in [0.1, 0.15) is 31.7 Å². The molecule has 0 saturated carbocycles. The first kappa shape index (κ1) is 16.0. The maximum Gasteiger partial charge on any atom is 0.323 e. The number of aliphatic carboxylic acids is 1. The second-order valence-corrected chi connectivity index (χ2v) is 4.56. The van der Waals surface area contributed by atoms with Gasteiger partial charge in [-0.15, -0.1) is 0 Å². The van der Waals surface area contributed by atoms with Crippen LogP contribution in [-0.4, -0.2) is 35.0 Å². The molecule has 0 fully saturated rings. The van der Waals surface area contributed by atoms with Crippen molar-refractivity contribution in [1.82, 2.24) is 4.90 Å². The first-order valence-electron chi connectivity index (χ1n) is 6.84. The lowest BCUT2D eigenvalue weighted by molar-refractivity contribution is -0.144. The molecule has 0 spiro atoms. The topological polar surface area (TPSA) is 57.6 Å². The second-order valence-electron chi connectivity index (χ2n) is 4.56. The van der Waals surface area contributed by atoms with Crippen molar-refractivity contribution in [2.75, 3.05) is 13.1 Å². The fraction of sp³-hybridized carbons (Fsp3) is 0.375. The molecule has 0 radical (unpaired) electrons. The highest BCUT2D eigenvalue weighted by Gasteiger charge is 2.14. The van der Waals surface area contributed by atoms with Gasteiger partial charge in [0, 0.05) is 13.0 Å². The molecule has 1 rings (SSSR count). The number of carbonyl (C=O) groups is 2. The summed E-state index contributed by atoms with van der Waals surface area (Å²) in [7, 11) is 0. The standard InChI is InChI=1S/C16H21NO3/c1-2-12-17(13-16(19)20)15(18)11-7-6-10-14-8-4-3-5-9-14/h3-6,8-10H,2,7,11-13H2,1H3,(H,19,20)/b10-6+.